The normalized spacial score (nSPS) is 36.1. The van der Waals surface area contributed by atoms with Crippen molar-refractivity contribution in [1.82, 2.24) is 0 Å². The van der Waals surface area contributed by atoms with Gasteiger partial charge >= 0.3 is 0 Å². The highest BCUT2D eigenvalue weighted by molar-refractivity contribution is 4.89. The average Bonchev–Trinajstić information content (AvgIpc) is 2.45. The van der Waals surface area contributed by atoms with Gasteiger partial charge in [-0.2, -0.15) is 0 Å². The van der Waals surface area contributed by atoms with Crippen LogP contribution >= 0.6 is 0 Å². The largest absolute Gasteiger partial charge is 0.377 e. The van der Waals surface area contributed by atoms with Gasteiger partial charge in [-0.05, 0) is 24.3 Å². The van der Waals surface area contributed by atoms with Gasteiger partial charge in [0, 0.05) is 11.5 Å². The molecule has 0 bridgehead atoms. The molecule has 13 heavy (non-hydrogen) atoms. The Morgan fingerprint density at radius 1 is 2.00 bits per heavy atom. The zero-order valence-corrected chi connectivity index (χ0v) is 7.76. The predicted molar refractivity (Wildman–Crippen MR) is 51.3 cm³/mol. The van der Waals surface area contributed by atoms with Crippen LogP contribution in [-0.2, 0) is 4.74 Å². The van der Waals surface area contributed by atoms with Gasteiger partial charge in [-0.25, -0.2) is 0 Å². The second kappa shape index (κ2) is 4.90. The van der Waals surface area contributed by atoms with Crippen LogP contribution in [-0.4, -0.2) is 18.7 Å². The molecule has 0 saturated carbocycles. The van der Waals surface area contributed by atoms with E-state index in [0.717, 1.165) is 0 Å². The molecule has 1 rings (SSSR count). The van der Waals surface area contributed by atoms with Crippen molar-refractivity contribution in [2.24, 2.45) is 11.0 Å². The lowest BCUT2D eigenvalue weighted by atomic mass is 9.96. The molecule has 0 aliphatic carbocycles. The van der Waals surface area contributed by atoms with Crippen molar-refractivity contribution in [1.29, 1.82) is 0 Å². The van der Waals surface area contributed by atoms with Crippen molar-refractivity contribution in [3.05, 3.63) is 23.1 Å². The molecular weight excluding hydrogens is 166 g/mol. The van der Waals surface area contributed by atoms with E-state index >= 15 is 0 Å². The molecule has 0 radical (unpaired) electrons. The van der Waals surface area contributed by atoms with Gasteiger partial charge in [0.2, 0.25) is 0 Å². The Hall–Kier alpha value is -0.990. The summed E-state index contributed by atoms with van der Waals surface area (Å²) in [6.45, 7) is 5.15. The molecule has 1 aliphatic heterocycles. The lowest BCUT2D eigenvalue weighted by Gasteiger charge is -2.20. The fourth-order valence-electron chi connectivity index (χ4n) is 1.54. The van der Waals surface area contributed by atoms with E-state index in [1.54, 1.807) is 6.08 Å². The molecule has 4 heteroatoms. The Morgan fingerprint density at radius 2 is 2.77 bits per heavy atom. The van der Waals surface area contributed by atoms with Crippen molar-refractivity contribution < 1.29 is 6.11 Å². The van der Waals surface area contributed by atoms with Crippen molar-refractivity contribution in [2.45, 2.75) is 31.9 Å². The van der Waals surface area contributed by atoms with Gasteiger partial charge in [0.25, 0.3) is 0 Å². The molecule has 1 heterocycles. The first-order chi connectivity index (χ1) is 6.69. The number of azide groups is 1. The molecule has 0 spiro atoms. The van der Waals surface area contributed by atoms with Gasteiger partial charge in [-0.15, -0.1) is 6.58 Å². The molecule has 1 saturated heterocycles. The second-order valence-corrected chi connectivity index (χ2v) is 3.28. The van der Waals surface area contributed by atoms with E-state index in [0.29, 0.717) is 12.8 Å². The van der Waals surface area contributed by atoms with E-state index in [9.17, 15) is 0 Å². The van der Waals surface area contributed by atoms with Crippen LogP contribution in [0.1, 0.15) is 21.1 Å². The molecule has 1 aliphatic rings. The maximum absolute atomic E-state index is 8.40. The van der Waals surface area contributed by atoms with Crippen molar-refractivity contribution in [2.75, 3.05) is 6.58 Å². The summed E-state index contributed by atoms with van der Waals surface area (Å²) in [6, 6.07) is -0.220. The molecule has 0 aromatic rings. The van der Waals surface area contributed by atoms with Crippen LogP contribution in [0.5, 0.6) is 0 Å². The maximum atomic E-state index is 8.40. The van der Waals surface area contributed by atoms with Crippen LogP contribution in [0.15, 0.2) is 17.8 Å². The Morgan fingerprint density at radius 3 is 3.23 bits per heavy atom. The first-order valence-corrected chi connectivity index (χ1v) is 4.41. The molecule has 4 atom stereocenters. The highest BCUT2D eigenvalue weighted by Crippen LogP contribution is 2.26. The van der Waals surface area contributed by atoms with E-state index < -0.39 is 6.58 Å². The number of hydrogen-bond donors (Lipinski definition) is 0. The summed E-state index contributed by atoms with van der Waals surface area (Å²) in [5.74, 6) is 0.271. The molecule has 1 fully saturated rings. The highest BCUT2D eigenvalue weighted by Gasteiger charge is 2.30. The highest BCUT2D eigenvalue weighted by atomic mass is 16.5. The van der Waals surface area contributed by atoms with Crippen LogP contribution in [0, 0.1) is 5.92 Å². The summed E-state index contributed by atoms with van der Waals surface area (Å²) in [5.41, 5.74) is 8.40. The summed E-state index contributed by atoms with van der Waals surface area (Å²) in [7, 11) is 0. The Kier molecular flexibility index (Phi) is 3.24. The Bertz CT molecular complexity index is 252. The minimum absolute atomic E-state index is 0.133. The van der Waals surface area contributed by atoms with E-state index in [2.05, 4.69) is 16.6 Å². The van der Waals surface area contributed by atoms with E-state index in [1.807, 2.05) is 6.92 Å². The summed E-state index contributed by atoms with van der Waals surface area (Å²) < 4.78 is 12.9. The fourth-order valence-corrected chi connectivity index (χ4v) is 1.54. The Labute approximate surface area is 79.6 Å². The standard InChI is InChI=1S/C9H15N3O/c1-3-4-8(11-12-10)9-7(2)5-6-13-9/h3,7-9H,1,4-6H2,2H3/t7-,8+,9-/m0/s1/i6T/t6-,7+,8-,9+/m1. The SMILES string of the molecule is [3H][C@@H]1C[C@H](C)[C@@H]([C@@H](CC=C)N=[N+]=[N-])O1. The number of rotatable bonds is 4. The molecule has 0 aromatic heterocycles. The number of hydrogen-bond acceptors (Lipinski definition) is 2. The lowest BCUT2D eigenvalue weighted by Crippen LogP contribution is -2.27. The summed E-state index contributed by atoms with van der Waals surface area (Å²) in [6.07, 6.45) is 2.89. The topological polar surface area (TPSA) is 58.0 Å². The van der Waals surface area contributed by atoms with Gasteiger partial charge in [-0.1, -0.05) is 18.1 Å². The third kappa shape index (κ3) is 2.47. The molecule has 0 aromatic carbocycles. The zero-order valence-electron chi connectivity index (χ0n) is 8.76. The maximum Gasteiger partial charge on any atom is 0.0689 e. The molecule has 4 nitrogen and oxygen atoms in total. The smallest absolute Gasteiger partial charge is 0.0689 e. The van der Waals surface area contributed by atoms with Gasteiger partial charge in [-0.3, -0.25) is 0 Å². The first-order valence-electron chi connectivity index (χ1n) is 4.99. The quantitative estimate of drug-likeness (QED) is 0.286. The first kappa shape index (κ1) is 8.60. The van der Waals surface area contributed by atoms with Crippen LogP contribution in [0.3, 0.4) is 0 Å². The number of nitrogens with zero attached hydrogens (tertiary/aromatic N) is 3. The zero-order chi connectivity index (χ0) is 10.6. The molecule has 72 valence electrons. The minimum Gasteiger partial charge on any atom is -0.377 e. The van der Waals surface area contributed by atoms with Crippen LogP contribution < -0.4 is 0 Å². The minimum atomic E-state index is -0.476. The van der Waals surface area contributed by atoms with Crippen molar-refractivity contribution in [3.8, 4) is 0 Å². The fraction of sp³-hybridized carbons (Fsp3) is 0.778. The summed E-state index contributed by atoms with van der Waals surface area (Å²) >= 11 is 0. The lowest BCUT2D eigenvalue weighted by molar-refractivity contribution is 0.0735. The van der Waals surface area contributed by atoms with Gasteiger partial charge in [0.1, 0.15) is 0 Å². The van der Waals surface area contributed by atoms with Gasteiger partial charge < -0.3 is 4.74 Å². The Balaban J connectivity index is 2.67. The summed E-state index contributed by atoms with van der Waals surface area (Å²) in [4.78, 5) is 2.79. The average molecular weight is 183 g/mol. The van der Waals surface area contributed by atoms with Crippen LogP contribution in [0.4, 0.5) is 0 Å². The predicted octanol–water partition coefficient (Wildman–Crippen LogP) is 2.67. The van der Waals surface area contributed by atoms with Gasteiger partial charge in [0.15, 0.2) is 0 Å². The second-order valence-electron chi connectivity index (χ2n) is 3.28. The van der Waals surface area contributed by atoms with Gasteiger partial charge in [0.05, 0.1) is 13.5 Å². The van der Waals surface area contributed by atoms with E-state index in [4.69, 9.17) is 11.6 Å². The van der Waals surface area contributed by atoms with Crippen molar-refractivity contribution in [3.63, 3.8) is 0 Å². The molecule has 0 unspecified atom stereocenters. The van der Waals surface area contributed by atoms with E-state index in [-0.39, 0.29) is 18.1 Å². The van der Waals surface area contributed by atoms with Crippen LogP contribution in [0.2, 0.25) is 0 Å². The molecule has 0 N–H and O–H groups in total. The monoisotopic (exact) mass is 183 g/mol. The van der Waals surface area contributed by atoms with Crippen LogP contribution in [0.25, 0.3) is 10.4 Å². The molecular formula is C9H15N3O. The van der Waals surface area contributed by atoms with E-state index in [1.165, 1.54) is 0 Å². The third-order valence-corrected chi connectivity index (χ3v) is 2.27. The molecule has 0 amide bonds. The number of ether oxygens (including phenoxy) is 1. The van der Waals surface area contributed by atoms with Crippen molar-refractivity contribution >= 4 is 0 Å². The summed E-state index contributed by atoms with van der Waals surface area (Å²) in [5, 5.41) is 3.68. The third-order valence-electron chi connectivity index (χ3n) is 2.27.